The van der Waals surface area contributed by atoms with E-state index in [0.717, 1.165) is 10.1 Å². The molecule has 0 spiro atoms. The minimum absolute atomic E-state index is 0.246. The van der Waals surface area contributed by atoms with E-state index in [0.29, 0.717) is 29.6 Å². The van der Waals surface area contributed by atoms with Crippen molar-refractivity contribution in [2.24, 2.45) is 0 Å². The molecule has 0 bridgehead atoms. The van der Waals surface area contributed by atoms with Gasteiger partial charge in [0.15, 0.2) is 0 Å². The van der Waals surface area contributed by atoms with Crippen molar-refractivity contribution in [3.05, 3.63) is 110 Å². The third-order valence-corrected chi connectivity index (χ3v) is 5.52. The molecule has 0 aliphatic carbocycles. The second kappa shape index (κ2) is 9.99. The highest BCUT2D eigenvalue weighted by molar-refractivity contribution is 6.10. The summed E-state index contributed by atoms with van der Waals surface area (Å²) in [6, 6.07) is 21.0. The van der Waals surface area contributed by atoms with Crippen molar-refractivity contribution < 1.29 is 9.59 Å². The minimum Gasteiger partial charge on any atom is -0.352 e. The van der Waals surface area contributed by atoms with Gasteiger partial charge in [0, 0.05) is 18.7 Å². The Balaban J connectivity index is 1.51. The van der Waals surface area contributed by atoms with Gasteiger partial charge in [-0.05, 0) is 49.2 Å². The smallest absolute Gasteiger partial charge is 0.328 e. The van der Waals surface area contributed by atoms with Gasteiger partial charge in [-0.2, -0.15) is 0 Å². The van der Waals surface area contributed by atoms with Crippen LogP contribution >= 0.6 is 0 Å². The highest BCUT2D eigenvalue weighted by Gasteiger charge is 2.15. The number of hydrogen-bond donors (Lipinski definition) is 3. The lowest BCUT2D eigenvalue weighted by Gasteiger charge is -2.12. The van der Waals surface area contributed by atoms with Gasteiger partial charge < -0.3 is 15.6 Å². The maximum atomic E-state index is 12.9. The van der Waals surface area contributed by atoms with Crippen LogP contribution in [0.5, 0.6) is 0 Å². The Morgan fingerprint density at radius 2 is 1.65 bits per heavy atom. The minimum atomic E-state index is -0.532. The lowest BCUT2D eigenvalue weighted by molar-refractivity contribution is 0.0955. The molecule has 0 unspecified atom stereocenters. The Hall–Kier alpha value is -4.46. The molecule has 0 saturated heterocycles. The van der Waals surface area contributed by atoms with Crippen molar-refractivity contribution in [3.8, 4) is 0 Å². The molecule has 0 radical (unpaired) electrons. The SMILES string of the molecule is CCn1c(=O)[nH]c2cc(C(=O)Nc3ccccc3C(=O)NCCc3ccccc3)ccc2c1=O. The molecule has 0 aliphatic heterocycles. The molecule has 8 heteroatoms. The van der Waals surface area contributed by atoms with Crippen molar-refractivity contribution in [2.75, 3.05) is 11.9 Å². The molecule has 4 aromatic rings. The third kappa shape index (κ3) is 4.80. The van der Waals surface area contributed by atoms with Crippen molar-refractivity contribution in [3.63, 3.8) is 0 Å². The van der Waals surface area contributed by atoms with Gasteiger partial charge in [-0.15, -0.1) is 0 Å². The zero-order valence-corrected chi connectivity index (χ0v) is 18.6. The summed E-state index contributed by atoms with van der Waals surface area (Å²) in [5, 5.41) is 5.95. The van der Waals surface area contributed by atoms with E-state index in [4.69, 9.17) is 0 Å². The van der Waals surface area contributed by atoms with Crippen molar-refractivity contribution in [1.29, 1.82) is 0 Å². The maximum absolute atomic E-state index is 12.9. The molecular formula is C26H24N4O4. The van der Waals surface area contributed by atoms with Crippen LogP contribution in [0.3, 0.4) is 0 Å². The Kier molecular flexibility index (Phi) is 6.68. The fourth-order valence-electron chi connectivity index (χ4n) is 3.73. The van der Waals surface area contributed by atoms with Crippen molar-refractivity contribution in [1.82, 2.24) is 14.9 Å². The second-order valence-corrected chi connectivity index (χ2v) is 7.73. The lowest BCUT2D eigenvalue weighted by atomic mass is 10.1. The number of carbonyl (C=O) groups excluding carboxylic acids is 2. The molecule has 172 valence electrons. The Morgan fingerprint density at radius 1 is 0.912 bits per heavy atom. The number of carbonyl (C=O) groups is 2. The summed E-state index contributed by atoms with van der Waals surface area (Å²) in [5.41, 5.74) is 1.39. The molecule has 34 heavy (non-hydrogen) atoms. The van der Waals surface area contributed by atoms with Gasteiger partial charge in [-0.25, -0.2) is 4.79 Å². The van der Waals surface area contributed by atoms with Gasteiger partial charge >= 0.3 is 5.69 Å². The normalized spacial score (nSPS) is 10.7. The van der Waals surface area contributed by atoms with Gasteiger partial charge in [0.25, 0.3) is 17.4 Å². The molecule has 2 amide bonds. The molecule has 8 nitrogen and oxygen atoms in total. The van der Waals surface area contributed by atoms with E-state index < -0.39 is 17.2 Å². The number of anilines is 1. The fraction of sp³-hybridized carbons (Fsp3) is 0.154. The Morgan fingerprint density at radius 3 is 2.41 bits per heavy atom. The van der Waals surface area contributed by atoms with Gasteiger partial charge in [-0.3, -0.25) is 19.0 Å². The van der Waals surface area contributed by atoms with Crippen LogP contribution in [0.15, 0.2) is 82.4 Å². The molecule has 3 aromatic carbocycles. The van der Waals surface area contributed by atoms with E-state index in [2.05, 4.69) is 15.6 Å². The summed E-state index contributed by atoms with van der Waals surface area (Å²) in [7, 11) is 0. The van der Waals surface area contributed by atoms with Crippen LogP contribution < -0.4 is 21.9 Å². The van der Waals surface area contributed by atoms with E-state index in [1.54, 1.807) is 31.2 Å². The highest BCUT2D eigenvalue weighted by Crippen LogP contribution is 2.17. The standard InChI is InChI=1S/C26H24N4O4/c1-2-30-25(33)20-13-12-18(16-22(20)29-26(30)34)23(31)28-21-11-7-6-10-19(21)24(32)27-15-14-17-8-4-3-5-9-17/h3-13,16H,2,14-15H2,1H3,(H,27,32)(H,28,31)(H,29,34). The van der Waals surface area contributed by atoms with Gasteiger partial charge in [0.2, 0.25) is 0 Å². The van der Waals surface area contributed by atoms with Crippen LogP contribution in [0, 0.1) is 0 Å². The van der Waals surface area contributed by atoms with E-state index in [-0.39, 0.29) is 23.5 Å². The van der Waals surface area contributed by atoms with Gasteiger partial charge in [0.05, 0.1) is 22.2 Å². The first kappa shape index (κ1) is 22.7. The number of benzene rings is 3. The third-order valence-electron chi connectivity index (χ3n) is 5.52. The first-order chi connectivity index (χ1) is 16.5. The lowest BCUT2D eigenvalue weighted by Crippen LogP contribution is -2.34. The maximum Gasteiger partial charge on any atom is 0.328 e. The summed E-state index contributed by atoms with van der Waals surface area (Å²) < 4.78 is 1.09. The number of nitrogens with one attached hydrogen (secondary N) is 3. The number of H-pyrrole nitrogens is 1. The molecule has 3 N–H and O–H groups in total. The first-order valence-corrected chi connectivity index (χ1v) is 11.0. The number of fused-ring (bicyclic) bond motifs is 1. The number of aromatic nitrogens is 2. The van der Waals surface area contributed by atoms with Gasteiger partial charge in [-0.1, -0.05) is 42.5 Å². The largest absolute Gasteiger partial charge is 0.352 e. The zero-order valence-electron chi connectivity index (χ0n) is 18.6. The van der Waals surface area contributed by atoms with E-state index in [9.17, 15) is 19.2 Å². The van der Waals surface area contributed by atoms with Crippen molar-refractivity contribution >= 4 is 28.4 Å². The summed E-state index contributed by atoms with van der Waals surface area (Å²) in [6.07, 6.45) is 0.691. The monoisotopic (exact) mass is 456 g/mol. The average Bonchev–Trinajstić information content (AvgIpc) is 2.85. The Labute approximate surface area is 195 Å². The van der Waals surface area contributed by atoms with Crippen LogP contribution in [0.2, 0.25) is 0 Å². The number of para-hydroxylation sites is 1. The zero-order chi connectivity index (χ0) is 24.1. The predicted molar refractivity (Wildman–Crippen MR) is 131 cm³/mol. The van der Waals surface area contributed by atoms with E-state index >= 15 is 0 Å². The molecule has 0 fully saturated rings. The molecule has 0 saturated carbocycles. The topological polar surface area (TPSA) is 113 Å². The van der Waals surface area contributed by atoms with Crippen LogP contribution in [0.4, 0.5) is 5.69 Å². The van der Waals surface area contributed by atoms with E-state index in [1.165, 1.54) is 18.2 Å². The quantitative estimate of drug-likeness (QED) is 0.397. The summed E-state index contributed by atoms with van der Waals surface area (Å²) in [4.78, 5) is 52.9. The second-order valence-electron chi connectivity index (χ2n) is 7.73. The number of hydrogen-bond acceptors (Lipinski definition) is 4. The van der Waals surface area contributed by atoms with Gasteiger partial charge in [0.1, 0.15) is 0 Å². The number of nitrogens with zero attached hydrogens (tertiary/aromatic N) is 1. The molecule has 0 aliphatic rings. The van der Waals surface area contributed by atoms with Crippen LogP contribution in [-0.4, -0.2) is 27.9 Å². The van der Waals surface area contributed by atoms with Crippen LogP contribution in [-0.2, 0) is 13.0 Å². The molecule has 4 rings (SSSR count). The predicted octanol–water partition coefficient (Wildman–Crippen LogP) is 2.93. The van der Waals surface area contributed by atoms with Crippen LogP contribution in [0.25, 0.3) is 10.9 Å². The summed E-state index contributed by atoms with van der Waals surface area (Å²) in [6.45, 7) is 2.41. The number of aromatic amines is 1. The summed E-state index contributed by atoms with van der Waals surface area (Å²) >= 11 is 0. The van der Waals surface area contributed by atoms with Crippen LogP contribution in [0.1, 0.15) is 33.2 Å². The fourth-order valence-corrected chi connectivity index (χ4v) is 3.73. The number of amides is 2. The highest BCUT2D eigenvalue weighted by atomic mass is 16.2. The molecule has 1 aromatic heterocycles. The first-order valence-electron chi connectivity index (χ1n) is 11.0. The van der Waals surface area contributed by atoms with E-state index in [1.807, 2.05) is 30.3 Å². The molecule has 0 atom stereocenters. The molecule has 1 heterocycles. The average molecular weight is 457 g/mol. The molecular weight excluding hydrogens is 432 g/mol. The number of rotatable bonds is 7. The van der Waals surface area contributed by atoms with Crippen molar-refractivity contribution in [2.45, 2.75) is 19.9 Å². The summed E-state index contributed by atoms with van der Waals surface area (Å²) in [5.74, 6) is -0.762. The Bertz CT molecular complexity index is 1470.